The molecule has 0 aliphatic heterocycles. The number of nitrogens with zero attached hydrogens (tertiary/aromatic N) is 3. The first-order valence-electron chi connectivity index (χ1n) is 5.05. The Labute approximate surface area is 117 Å². The second-order valence-corrected chi connectivity index (χ2v) is 4.69. The van der Waals surface area contributed by atoms with Crippen LogP contribution in [0, 0.1) is 0 Å². The fraction of sp³-hybridized carbons (Fsp3) is 0.0909. The Morgan fingerprint density at radius 2 is 2.16 bits per heavy atom. The molecule has 6 nitrogen and oxygen atoms in total. The summed E-state index contributed by atoms with van der Waals surface area (Å²) in [7, 11) is 1.42. The first-order valence-corrected chi connectivity index (χ1v) is 6.24. The zero-order valence-corrected chi connectivity index (χ0v) is 11.3. The van der Waals surface area contributed by atoms with E-state index < -0.39 is 5.97 Å². The molecule has 0 unspecified atom stereocenters. The molecule has 1 heterocycles. The minimum atomic E-state index is -0.992. The molecular weight excluding hydrogens is 290 g/mol. The van der Waals surface area contributed by atoms with Crippen molar-refractivity contribution >= 4 is 29.3 Å². The van der Waals surface area contributed by atoms with Crippen LogP contribution in [0.15, 0.2) is 34.3 Å². The number of benzene rings is 1. The standard InChI is InChI=1S/C11H8ClN3O3S/c1-18-10-13-9(12)14-11(15-10)19-7-4-2-3-6(5-7)8(16)17/h2-5H,1H3,(H,16,17). The third kappa shape index (κ3) is 3.55. The average molecular weight is 298 g/mol. The Bertz CT molecular complexity index is 624. The third-order valence-corrected chi connectivity index (χ3v) is 3.06. The van der Waals surface area contributed by atoms with Crippen LogP contribution in [0.2, 0.25) is 5.28 Å². The van der Waals surface area contributed by atoms with E-state index in [0.29, 0.717) is 10.1 Å². The summed E-state index contributed by atoms with van der Waals surface area (Å²) in [5.41, 5.74) is 0.192. The topological polar surface area (TPSA) is 85.2 Å². The van der Waals surface area contributed by atoms with Crippen molar-refractivity contribution in [2.75, 3.05) is 7.11 Å². The van der Waals surface area contributed by atoms with Crippen molar-refractivity contribution in [2.45, 2.75) is 10.1 Å². The molecule has 0 saturated heterocycles. The highest BCUT2D eigenvalue weighted by molar-refractivity contribution is 7.99. The summed E-state index contributed by atoms with van der Waals surface area (Å²) >= 11 is 6.90. The van der Waals surface area contributed by atoms with Gasteiger partial charge in [-0.1, -0.05) is 6.07 Å². The number of methoxy groups -OCH3 is 1. The van der Waals surface area contributed by atoms with Gasteiger partial charge in [-0.25, -0.2) is 4.79 Å². The maximum absolute atomic E-state index is 10.9. The smallest absolute Gasteiger partial charge is 0.335 e. The van der Waals surface area contributed by atoms with Crippen LogP contribution in [0.1, 0.15) is 10.4 Å². The highest BCUT2D eigenvalue weighted by atomic mass is 35.5. The highest BCUT2D eigenvalue weighted by Gasteiger charge is 2.09. The third-order valence-electron chi connectivity index (χ3n) is 2.04. The van der Waals surface area contributed by atoms with E-state index >= 15 is 0 Å². The summed E-state index contributed by atoms with van der Waals surface area (Å²) in [5, 5.41) is 9.26. The Balaban J connectivity index is 2.28. The Kier molecular flexibility index (Phi) is 4.18. The first kappa shape index (κ1) is 13.6. The second-order valence-electron chi connectivity index (χ2n) is 3.31. The van der Waals surface area contributed by atoms with Crippen molar-refractivity contribution in [3.05, 3.63) is 35.1 Å². The van der Waals surface area contributed by atoms with Crippen LogP contribution in [-0.4, -0.2) is 33.1 Å². The Morgan fingerprint density at radius 1 is 1.37 bits per heavy atom. The van der Waals surface area contributed by atoms with E-state index in [-0.39, 0.29) is 16.9 Å². The average Bonchev–Trinajstić information content (AvgIpc) is 2.38. The van der Waals surface area contributed by atoms with Gasteiger partial charge in [0.05, 0.1) is 12.7 Å². The zero-order chi connectivity index (χ0) is 13.8. The van der Waals surface area contributed by atoms with Gasteiger partial charge in [-0.05, 0) is 41.6 Å². The van der Waals surface area contributed by atoms with Crippen molar-refractivity contribution < 1.29 is 14.6 Å². The molecule has 1 aromatic heterocycles. The molecule has 1 aromatic carbocycles. The number of aromatic carboxylic acids is 1. The van der Waals surface area contributed by atoms with Crippen LogP contribution in [-0.2, 0) is 0 Å². The van der Waals surface area contributed by atoms with Crippen LogP contribution in [0.3, 0.4) is 0 Å². The van der Waals surface area contributed by atoms with E-state index in [9.17, 15) is 4.79 Å². The lowest BCUT2D eigenvalue weighted by molar-refractivity contribution is 0.0696. The molecule has 98 valence electrons. The SMILES string of the molecule is COc1nc(Cl)nc(Sc2cccc(C(=O)O)c2)n1. The maximum atomic E-state index is 10.9. The molecule has 19 heavy (non-hydrogen) atoms. The van der Waals surface area contributed by atoms with Gasteiger partial charge < -0.3 is 9.84 Å². The molecule has 0 amide bonds. The van der Waals surface area contributed by atoms with Crippen LogP contribution < -0.4 is 4.74 Å². The molecule has 0 aliphatic carbocycles. The molecule has 0 spiro atoms. The van der Waals surface area contributed by atoms with Gasteiger partial charge in [-0.2, -0.15) is 15.0 Å². The summed E-state index contributed by atoms with van der Waals surface area (Å²) in [5.74, 6) is -0.992. The quantitative estimate of drug-likeness (QED) is 0.927. The maximum Gasteiger partial charge on any atom is 0.335 e. The van der Waals surface area contributed by atoms with Crippen LogP contribution in [0.5, 0.6) is 6.01 Å². The lowest BCUT2D eigenvalue weighted by Crippen LogP contribution is -1.98. The molecule has 0 bridgehead atoms. The van der Waals surface area contributed by atoms with Gasteiger partial charge in [0, 0.05) is 4.90 Å². The number of carbonyl (C=O) groups is 1. The number of carboxylic acid groups (broad SMARTS) is 1. The van der Waals surface area contributed by atoms with Gasteiger partial charge >= 0.3 is 12.0 Å². The van der Waals surface area contributed by atoms with Crippen molar-refractivity contribution in [1.82, 2.24) is 15.0 Å². The number of hydrogen-bond donors (Lipinski definition) is 1. The monoisotopic (exact) mass is 297 g/mol. The number of rotatable bonds is 4. The molecule has 0 atom stereocenters. The molecule has 2 rings (SSSR count). The van der Waals surface area contributed by atoms with Gasteiger partial charge in [0.2, 0.25) is 5.28 Å². The highest BCUT2D eigenvalue weighted by Crippen LogP contribution is 2.26. The van der Waals surface area contributed by atoms with Gasteiger partial charge in [0.1, 0.15) is 0 Å². The Morgan fingerprint density at radius 3 is 2.84 bits per heavy atom. The zero-order valence-electron chi connectivity index (χ0n) is 9.70. The molecule has 8 heteroatoms. The summed E-state index contributed by atoms with van der Waals surface area (Å²) in [6.45, 7) is 0. The summed E-state index contributed by atoms with van der Waals surface area (Å²) in [4.78, 5) is 23.2. The van der Waals surface area contributed by atoms with Gasteiger partial charge in [0.15, 0.2) is 5.16 Å². The molecule has 0 radical (unpaired) electrons. The van der Waals surface area contributed by atoms with Crippen LogP contribution >= 0.6 is 23.4 Å². The largest absolute Gasteiger partial charge is 0.478 e. The minimum absolute atomic E-state index is 0.0174. The van der Waals surface area contributed by atoms with Crippen molar-refractivity contribution in [3.63, 3.8) is 0 Å². The predicted molar refractivity (Wildman–Crippen MR) is 68.9 cm³/mol. The molecule has 0 saturated carbocycles. The van der Waals surface area contributed by atoms with E-state index in [4.69, 9.17) is 21.4 Å². The minimum Gasteiger partial charge on any atom is -0.478 e. The second kappa shape index (κ2) is 5.85. The number of ether oxygens (including phenoxy) is 1. The number of carboxylic acids is 1. The molecule has 0 fully saturated rings. The fourth-order valence-corrected chi connectivity index (χ4v) is 2.25. The molecular formula is C11H8ClN3O3S. The number of aromatic nitrogens is 3. The summed E-state index contributed by atoms with van der Waals surface area (Å²) < 4.78 is 4.88. The van der Waals surface area contributed by atoms with E-state index in [1.165, 1.54) is 31.0 Å². The van der Waals surface area contributed by atoms with Crippen molar-refractivity contribution in [3.8, 4) is 6.01 Å². The first-order chi connectivity index (χ1) is 9.08. The van der Waals surface area contributed by atoms with E-state index in [0.717, 1.165) is 0 Å². The number of halogens is 1. The van der Waals surface area contributed by atoms with Crippen LogP contribution in [0.4, 0.5) is 0 Å². The number of hydrogen-bond acceptors (Lipinski definition) is 6. The van der Waals surface area contributed by atoms with Crippen molar-refractivity contribution in [1.29, 1.82) is 0 Å². The molecule has 1 N–H and O–H groups in total. The van der Waals surface area contributed by atoms with E-state index in [2.05, 4.69) is 15.0 Å². The Hall–Kier alpha value is -1.86. The van der Waals surface area contributed by atoms with E-state index in [1.807, 2.05) is 0 Å². The molecule has 2 aromatic rings. The summed E-state index contributed by atoms with van der Waals surface area (Å²) in [6.07, 6.45) is 0. The summed E-state index contributed by atoms with van der Waals surface area (Å²) in [6, 6.07) is 6.54. The van der Waals surface area contributed by atoms with Gasteiger partial charge in [-0.15, -0.1) is 0 Å². The molecule has 0 aliphatic rings. The lowest BCUT2D eigenvalue weighted by atomic mass is 10.2. The van der Waals surface area contributed by atoms with Crippen LogP contribution in [0.25, 0.3) is 0 Å². The van der Waals surface area contributed by atoms with Gasteiger partial charge in [0.25, 0.3) is 0 Å². The van der Waals surface area contributed by atoms with E-state index in [1.54, 1.807) is 12.1 Å². The predicted octanol–water partition coefficient (Wildman–Crippen LogP) is 2.38. The fourth-order valence-electron chi connectivity index (χ4n) is 1.25. The lowest BCUT2D eigenvalue weighted by Gasteiger charge is -2.03. The van der Waals surface area contributed by atoms with Crippen molar-refractivity contribution in [2.24, 2.45) is 0 Å². The normalized spacial score (nSPS) is 10.2. The van der Waals surface area contributed by atoms with Gasteiger partial charge in [-0.3, -0.25) is 0 Å².